The van der Waals surface area contributed by atoms with Crippen molar-refractivity contribution in [1.82, 2.24) is 9.97 Å². The molecule has 0 bridgehead atoms. The molecule has 0 atom stereocenters. The first-order valence-corrected chi connectivity index (χ1v) is 8.09. The Balaban J connectivity index is 2.02. The van der Waals surface area contributed by atoms with Gasteiger partial charge in [0.05, 0.1) is 5.52 Å². The summed E-state index contributed by atoms with van der Waals surface area (Å²) in [7, 11) is 0. The first-order chi connectivity index (χ1) is 11.2. The van der Waals surface area contributed by atoms with Gasteiger partial charge in [-0.15, -0.1) is 0 Å². The van der Waals surface area contributed by atoms with Crippen molar-refractivity contribution in [3.05, 3.63) is 53.1 Å². The van der Waals surface area contributed by atoms with Crippen LogP contribution in [0.5, 0.6) is 0 Å². The summed E-state index contributed by atoms with van der Waals surface area (Å²) in [6.07, 6.45) is 1.04. The van der Waals surface area contributed by atoms with E-state index in [0.29, 0.717) is 5.95 Å². The average Bonchev–Trinajstić information content (AvgIpc) is 2.57. The van der Waals surface area contributed by atoms with Gasteiger partial charge in [-0.2, -0.15) is 4.98 Å². The quantitative estimate of drug-likeness (QED) is 0.680. The van der Waals surface area contributed by atoms with E-state index in [2.05, 4.69) is 27.5 Å². The predicted molar refractivity (Wildman–Crippen MR) is 97.8 cm³/mol. The standard InChI is InChI=1S/C18H19ClN4/c1-3-11-20-17-13-7-4-5-9-16(13)22-18(23-17)21-15-10-6-8-14(19)12(15)2/h4-10H,3,11H2,1-2H3,(H2,20,21,22,23). The number of benzene rings is 2. The molecule has 1 aromatic heterocycles. The van der Waals surface area contributed by atoms with Crippen molar-refractivity contribution < 1.29 is 0 Å². The van der Waals surface area contributed by atoms with Gasteiger partial charge in [0, 0.05) is 22.6 Å². The van der Waals surface area contributed by atoms with E-state index in [0.717, 1.165) is 46.0 Å². The van der Waals surface area contributed by atoms with Gasteiger partial charge in [0.2, 0.25) is 5.95 Å². The van der Waals surface area contributed by atoms with E-state index in [4.69, 9.17) is 11.6 Å². The molecule has 0 radical (unpaired) electrons. The molecule has 0 spiro atoms. The van der Waals surface area contributed by atoms with Crippen molar-refractivity contribution in [3.63, 3.8) is 0 Å². The molecule has 0 fully saturated rings. The van der Waals surface area contributed by atoms with E-state index in [1.807, 2.05) is 49.4 Å². The summed E-state index contributed by atoms with van der Waals surface area (Å²) in [5, 5.41) is 8.39. The summed E-state index contributed by atoms with van der Waals surface area (Å²) in [4.78, 5) is 9.23. The number of fused-ring (bicyclic) bond motifs is 1. The zero-order valence-corrected chi connectivity index (χ0v) is 14.0. The number of aromatic nitrogens is 2. The molecule has 2 N–H and O–H groups in total. The molecule has 0 amide bonds. The molecule has 3 rings (SSSR count). The molecule has 0 unspecified atom stereocenters. The Hall–Kier alpha value is -2.33. The van der Waals surface area contributed by atoms with Crippen LogP contribution in [-0.2, 0) is 0 Å². The van der Waals surface area contributed by atoms with Crippen LogP contribution in [0.4, 0.5) is 17.5 Å². The second kappa shape index (κ2) is 6.84. The van der Waals surface area contributed by atoms with E-state index in [1.165, 1.54) is 0 Å². The molecule has 4 nitrogen and oxygen atoms in total. The molecule has 0 saturated carbocycles. The Labute approximate surface area is 140 Å². The molecule has 0 aliphatic heterocycles. The second-order valence-electron chi connectivity index (χ2n) is 5.38. The lowest BCUT2D eigenvalue weighted by Gasteiger charge is -2.13. The maximum absolute atomic E-state index is 6.18. The van der Waals surface area contributed by atoms with Gasteiger partial charge in [-0.25, -0.2) is 4.98 Å². The van der Waals surface area contributed by atoms with Crippen molar-refractivity contribution in [1.29, 1.82) is 0 Å². The van der Waals surface area contributed by atoms with Crippen LogP contribution in [0.1, 0.15) is 18.9 Å². The highest BCUT2D eigenvalue weighted by molar-refractivity contribution is 6.31. The molecular weight excluding hydrogens is 308 g/mol. The summed E-state index contributed by atoms with van der Waals surface area (Å²) >= 11 is 6.18. The molecule has 118 valence electrons. The van der Waals surface area contributed by atoms with Gasteiger partial charge in [0.15, 0.2) is 0 Å². The second-order valence-corrected chi connectivity index (χ2v) is 5.78. The monoisotopic (exact) mass is 326 g/mol. The number of rotatable bonds is 5. The molecule has 0 saturated heterocycles. The molecule has 23 heavy (non-hydrogen) atoms. The molecule has 1 heterocycles. The van der Waals surface area contributed by atoms with Crippen LogP contribution in [0.3, 0.4) is 0 Å². The third kappa shape index (κ3) is 3.37. The van der Waals surface area contributed by atoms with Gasteiger partial charge in [-0.3, -0.25) is 0 Å². The van der Waals surface area contributed by atoms with Crippen LogP contribution in [0.2, 0.25) is 5.02 Å². The van der Waals surface area contributed by atoms with E-state index in [-0.39, 0.29) is 0 Å². The number of halogens is 1. The fourth-order valence-corrected chi connectivity index (χ4v) is 2.55. The van der Waals surface area contributed by atoms with Crippen LogP contribution in [0.15, 0.2) is 42.5 Å². The number of hydrogen-bond acceptors (Lipinski definition) is 4. The van der Waals surface area contributed by atoms with E-state index < -0.39 is 0 Å². The summed E-state index contributed by atoms with van der Waals surface area (Å²) in [6.45, 7) is 4.98. The van der Waals surface area contributed by atoms with Crippen molar-refractivity contribution in [3.8, 4) is 0 Å². The summed E-state index contributed by atoms with van der Waals surface area (Å²) in [6, 6.07) is 13.8. The van der Waals surface area contributed by atoms with Crippen LogP contribution >= 0.6 is 11.6 Å². The fraction of sp³-hybridized carbons (Fsp3) is 0.222. The lowest BCUT2D eigenvalue weighted by molar-refractivity contribution is 0.970. The summed E-state index contributed by atoms with van der Waals surface area (Å²) < 4.78 is 0. The molecule has 5 heteroatoms. The van der Waals surface area contributed by atoms with Crippen LogP contribution in [-0.4, -0.2) is 16.5 Å². The van der Waals surface area contributed by atoms with Crippen molar-refractivity contribution >= 4 is 40.0 Å². The Morgan fingerprint density at radius 2 is 1.87 bits per heavy atom. The van der Waals surface area contributed by atoms with E-state index >= 15 is 0 Å². The van der Waals surface area contributed by atoms with Gasteiger partial charge < -0.3 is 10.6 Å². The third-order valence-corrected chi connectivity index (χ3v) is 4.07. The Bertz CT molecular complexity index is 832. The number of nitrogens with one attached hydrogen (secondary N) is 2. The minimum Gasteiger partial charge on any atom is -0.369 e. The lowest BCUT2D eigenvalue weighted by Crippen LogP contribution is -2.06. The van der Waals surface area contributed by atoms with Gasteiger partial charge >= 0.3 is 0 Å². The Morgan fingerprint density at radius 3 is 2.70 bits per heavy atom. The molecule has 2 aromatic carbocycles. The number of para-hydroxylation sites is 1. The molecule has 0 aliphatic carbocycles. The Kier molecular flexibility index (Phi) is 4.63. The third-order valence-electron chi connectivity index (χ3n) is 3.66. The zero-order chi connectivity index (χ0) is 16.2. The minimum absolute atomic E-state index is 0.563. The first kappa shape index (κ1) is 15.6. The van der Waals surface area contributed by atoms with Crippen LogP contribution in [0.25, 0.3) is 10.9 Å². The maximum Gasteiger partial charge on any atom is 0.229 e. The number of nitrogens with zero attached hydrogens (tertiary/aromatic N) is 2. The van der Waals surface area contributed by atoms with E-state index in [9.17, 15) is 0 Å². The molecule has 0 aliphatic rings. The smallest absolute Gasteiger partial charge is 0.229 e. The summed E-state index contributed by atoms with van der Waals surface area (Å²) in [5.41, 5.74) is 2.80. The van der Waals surface area contributed by atoms with Gasteiger partial charge in [0.1, 0.15) is 5.82 Å². The molecular formula is C18H19ClN4. The van der Waals surface area contributed by atoms with Crippen LogP contribution < -0.4 is 10.6 Å². The van der Waals surface area contributed by atoms with E-state index in [1.54, 1.807) is 0 Å². The lowest BCUT2D eigenvalue weighted by atomic mass is 10.2. The zero-order valence-electron chi connectivity index (χ0n) is 13.2. The van der Waals surface area contributed by atoms with Crippen molar-refractivity contribution in [2.75, 3.05) is 17.2 Å². The number of anilines is 3. The van der Waals surface area contributed by atoms with Gasteiger partial charge in [-0.05, 0) is 43.2 Å². The topological polar surface area (TPSA) is 49.8 Å². The Morgan fingerprint density at radius 1 is 1.04 bits per heavy atom. The highest BCUT2D eigenvalue weighted by atomic mass is 35.5. The van der Waals surface area contributed by atoms with Crippen molar-refractivity contribution in [2.45, 2.75) is 20.3 Å². The highest BCUT2D eigenvalue weighted by Crippen LogP contribution is 2.27. The normalized spacial score (nSPS) is 10.7. The van der Waals surface area contributed by atoms with Gasteiger partial charge in [-0.1, -0.05) is 36.7 Å². The van der Waals surface area contributed by atoms with Crippen LogP contribution in [0, 0.1) is 6.92 Å². The van der Waals surface area contributed by atoms with Gasteiger partial charge in [0.25, 0.3) is 0 Å². The number of hydrogen-bond donors (Lipinski definition) is 2. The highest BCUT2D eigenvalue weighted by Gasteiger charge is 2.09. The fourth-order valence-electron chi connectivity index (χ4n) is 2.37. The first-order valence-electron chi connectivity index (χ1n) is 7.72. The molecule has 3 aromatic rings. The minimum atomic E-state index is 0.563. The van der Waals surface area contributed by atoms with Crippen molar-refractivity contribution in [2.24, 2.45) is 0 Å². The predicted octanol–water partition coefficient (Wildman–Crippen LogP) is 5.16. The largest absolute Gasteiger partial charge is 0.369 e. The average molecular weight is 327 g/mol. The maximum atomic E-state index is 6.18. The SMILES string of the molecule is CCCNc1nc(Nc2cccc(Cl)c2C)nc2ccccc12. The summed E-state index contributed by atoms with van der Waals surface area (Å²) in [5.74, 6) is 1.41.